The van der Waals surface area contributed by atoms with Crippen molar-refractivity contribution >= 4 is 43.6 Å². The number of furan rings is 1. The number of nitrogens with zero attached hydrogens (tertiary/aromatic N) is 1. The molecule has 6 rings (SSSR count). The fourth-order valence-electron chi connectivity index (χ4n) is 4.52. The predicted molar refractivity (Wildman–Crippen MR) is 111 cm³/mol. The van der Waals surface area contributed by atoms with Gasteiger partial charge in [0.2, 0.25) is 0 Å². The van der Waals surface area contributed by atoms with Crippen molar-refractivity contribution in [2.45, 2.75) is 13.8 Å². The van der Waals surface area contributed by atoms with Crippen LogP contribution in [0.2, 0.25) is 0 Å². The summed E-state index contributed by atoms with van der Waals surface area (Å²) in [5.74, 6) is 0. The Balaban J connectivity index is 0.00000171. The van der Waals surface area contributed by atoms with E-state index < -0.39 is 0 Å². The molecule has 0 saturated heterocycles. The summed E-state index contributed by atoms with van der Waals surface area (Å²) in [7, 11) is 0. The van der Waals surface area contributed by atoms with Gasteiger partial charge in [-0.1, -0.05) is 35.7 Å². The summed E-state index contributed by atoms with van der Waals surface area (Å²) in [5.41, 5.74) is 7.82. The van der Waals surface area contributed by atoms with E-state index in [0.717, 1.165) is 32.8 Å². The third-order valence-electron chi connectivity index (χ3n) is 5.64. The van der Waals surface area contributed by atoms with E-state index in [1.807, 2.05) is 24.4 Å². The molecule has 2 heterocycles. The normalized spacial score (nSPS) is 11.6. The predicted octanol–water partition coefficient (Wildman–Crippen LogP) is 6.81. The topological polar surface area (TPSA) is 26.0 Å². The number of benzene rings is 4. The van der Waals surface area contributed by atoms with Crippen molar-refractivity contribution in [3.8, 4) is 11.1 Å². The van der Waals surface area contributed by atoms with Crippen LogP contribution < -0.4 is 0 Å². The Bertz CT molecular complexity index is 1480. The number of hydrogen-bond acceptors (Lipinski definition) is 2. The Morgan fingerprint density at radius 1 is 0.857 bits per heavy atom. The summed E-state index contributed by atoms with van der Waals surface area (Å²) >= 11 is 0. The number of hydrogen-bond donors (Lipinski definition) is 0. The van der Waals surface area contributed by atoms with Crippen molar-refractivity contribution in [3.63, 3.8) is 0 Å². The second-order valence-corrected chi connectivity index (χ2v) is 7.26. The molecule has 0 atom stereocenters. The van der Waals surface area contributed by atoms with Crippen molar-refractivity contribution in [2.75, 3.05) is 0 Å². The second-order valence-electron chi connectivity index (χ2n) is 7.26. The number of rotatable bonds is 1. The van der Waals surface area contributed by atoms with Crippen LogP contribution in [0, 0.1) is 19.9 Å². The molecule has 2 aromatic heterocycles. The summed E-state index contributed by atoms with van der Waals surface area (Å²) in [6, 6.07) is 22.4. The molecular weight excluding hydrogens is 522 g/mol. The summed E-state index contributed by atoms with van der Waals surface area (Å²) in [6.45, 7) is 4.33. The van der Waals surface area contributed by atoms with E-state index in [-0.39, 0.29) is 20.1 Å². The zero-order valence-electron chi connectivity index (χ0n) is 15.5. The maximum atomic E-state index is 6.28. The van der Waals surface area contributed by atoms with Gasteiger partial charge in [0.15, 0.2) is 0 Å². The molecule has 137 valence electrons. The fourth-order valence-corrected chi connectivity index (χ4v) is 4.52. The molecular formula is C25H16IrNO-. The molecule has 0 bridgehead atoms. The van der Waals surface area contributed by atoms with E-state index in [1.165, 1.54) is 33.0 Å². The van der Waals surface area contributed by atoms with Crippen molar-refractivity contribution in [3.05, 3.63) is 78.0 Å². The molecule has 0 unspecified atom stereocenters. The third-order valence-corrected chi connectivity index (χ3v) is 5.64. The van der Waals surface area contributed by atoms with Gasteiger partial charge in [-0.3, -0.25) is 0 Å². The van der Waals surface area contributed by atoms with E-state index in [9.17, 15) is 0 Å². The quantitative estimate of drug-likeness (QED) is 0.170. The Labute approximate surface area is 175 Å². The Kier molecular flexibility index (Phi) is 3.80. The van der Waals surface area contributed by atoms with Crippen LogP contribution in [0.1, 0.15) is 11.1 Å². The number of aromatic nitrogens is 1. The third kappa shape index (κ3) is 2.21. The largest absolute Gasteiger partial charge is 0.476 e. The molecule has 0 saturated carbocycles. The first-order chi connectivity index (χ1) is 13.2. The molecule has 0 aliphatic heterocycles. The van der Waals surface area contributed by atoms with Crippen LogP contribution >= 0.6 is 0 Å². The minimum atomic E-state index is 0. The van der Waals surface area contributed by atoms with Crippen LogP contribution in [0.3, 0.4) is 0 Å². The van der Waals surface area contributed by atoms with Crippen LogP contribution in [0.25, 0.3) is 54.7 Å². The van der Waals surface area contributed by atoms with Crippen LogP contribution in [-0.2, 0) is 20.1 Å². The Morgan fingerprint density at radius 2 is 1.68 bits per heavy atom. The SMILES string of the molecule is Cc1cccc(C)c1-c1cc2oc3cc[c-]c4c5ncccc5c(c1)c2c34.[Ir]. The maximum Gasteiger partial charge on any atom is 0.124 e. The van der Waals surface area contributed by atoms with E-state index in [2.05, 4.69) is 61.3 Å². The van der Waals surface area contributed by atoms with Gasteiger partial charge in [-0.2, -0.15) is 0 Å². The van der Waals surface area contributed by atoms with Gasteiger partial charge >= 0.3 is 0 Å². The van der Waals surface area contributed by atoms with Crippen molar-refractivity contribution in [1.29, 1.82) is 0 Å². The molecule has 2 nitrogen and oxygen atoms in total. The summed E-state index contributed by atoms with van der Waals surface area (Å²) in [5, 5.41) is 5.68. The zero-order valence-corrected chi connectivity index (χ0v) is 17.9. The van der Waals surface area contributed by atoms with Crippen LogP contribution in [-0.4, -0.2) is 4.98 Å². The first kappa shape index (κ1) is 17.4. The van der Waals surface area contributed by atoms with Gasteiger partial charge in [-0.05, 0) is 76.0 Å². The van der Waals surface area contributed by atoms with E-state index in [0.29, 0.717) is 0 Å². The maximum absolute atomic E-state index is 6.28. The van der Waals surface area contributed by atoms with Crippen LogP contribution in [0.4, 0.5) is 0 Å². The smallest absolute Gasteiger partial charge is 0.124 e. The summed E-state index contributed by atoms with van der Waals surface area (Å²) in [4.78, 5) is 4.67. The Hall–Kier alpha value is -2.74. The zero-order chi connectivity index (χ0) is 18.1. The summed E-state index contributed by atoms with van der Waals surface area (Å²) < 4.78 is 6.28. The molecule has 3 heteroatoms. The molecule has 6 aromatic rings. The minimum absolute atomic E-state index is 0. The van der Waals surface area contributed by atoms with Crippen molar-refractivity contribution < 1.29 is 24.5 Å². The second kappa shape index (κ2) is 6.13. The molecule has 1 radical (unpaired) electrons. The number of pyridine rings is 1. The number of fused-ring (bicyclic) bond motifs is 3. The number of aryl methyl sites for hydroxylation is 2. The van der Waals surface area contributed by atoms with E-state index in [4.69, 9.17) is 4.42 Å². The molecule has 0 aliphatic carbocycles. The van der Waals surface area contributed by atoms with Gasteiger partial charge in [0.1, 0.15) is 5.58 Å². The molecule has 0 aliphatic rings. The van der Waals surface area contributed by atoms with E-state index >= 15 is 0 Å². The fraction of sp³-hybridized carbons (Fsp3) is 0.0800. The molecule has 0 spiro atoms. The first-order valence-corrected chi connectivity index (χ1v) is 9.15. The van der Waals surface area contributed by atoms with Crippen molar-refractivity contribution in [2.24, 2.45) is 0 Å². The van der Waals surface area contributed by atoms with E-state index in [1.54, 1.807) is 0 Å². The standard InChI is InChI=1S/C25H16NO.Ir/c1-14-6-3-7-15(2)22(14)16-12-19-17-9-5-11-26-25(17)18-8-4-10-20-23(18)24(19)21(13-16)27-20;/h3-7,9-13H,1-2H3;/q-1;. The van der Waals surface area contributed by atoms with Gasteiger partial charge in [0.25, 0.3) is 0 Å². The minimum Gasteiger partial charge on any atom is -0.476 e. The molecule has 28 heavy (non-hydrogen) atoms. The van der Waals surface area contributed by atoms with Gasteiger partial charge in [-0.15, -0.1) is 17.5 Å². The summed E-state index contributed by atoms with van der Waals surface area (Å²) in [6.07, 6.45) is 1.85. The average Bonchev–Trinajstić information content (AvgIpc) is 3.06. The van der Waals surface area contributed by atoms with Gasteiger partial charge in [0.05, 0.1) is 5.58 Å². The van der Waals surface area contributed by atoms with Crippen LogP contribution in [0.5, 0.6) is 0 Å². The monoisotopic (exact) mass is 539 g/mol. The first-order valence-electron chi connectivity index (χ1n) is 9.15. The molecule has 0 fully saturated rings. The van der Waals surface area contributed by atoms with Gasteiger partial charge in [-0.25, -0.2) is 0 Å². The average molecular weight is 539 g/mol. The van der Waals surface area contributed by atoms with Gasteiger partial charge < -0.3 is 9.40 Å². The molecule has 4 aromatic carbocycles. The molecule has 0 N–H and O–H groups in total. The van der Waals surface area contributed by atoms with Crippen molar-refractivity contribution in [1.82, 2.24) is 4.98 Å². The molecule has 0 amide bonds. The Morgan fingerprint density at radius 3 is 2.50 bits per heavy atom. The van der Waals surface area contributed by atoms with Crippen LogP contribution in [0.15, 0.2) is 65.2 Å². The van der Waals surface area contributed by atoms with Gasteiger partial charge in [0, 0.05) is 26.3 Å².